The van der Waals surface area contributed by atoms with Crippen molar-refractivity contribution in [2.45, 2.75) is 77.7 Å². The molecule has 0 bridgehead atoms. The van der Waals surface area contributed by atoms with Gasteiger partial charge >= 0.3 is 18.3 Å². The van der Waals surface area contributed by atoms with Crippen LogP contribution in [-0.4, -0.2) is 71.2 Å². The van der Waals surface area contributed by atoms with Gasteiger partial charge in [-0.1, -0.05) is 49.1 Å². The van der Waals surface area contributed by atoms with Crippen molar-refractivity contribution in [3.63, 3.8) is 0 Å². The van der Waals surface area contributed by atoms with E-state index in [1.165, 1.54) is 6.08 Å². The standard InChI is InChI=1S/C20H27N3O4.C16H23N3O2/c1-5-10-26-18(24)22-13-15(23-19(25)27-20(2,3)4)11-14-12-21-17-9-7-6-8-16(14)17;1-16(2,3)21-15(20)19-12(9-17)8-11-10-18-14-7-5-4-6-13(11)14/h5-9,12,15,21H,1,10-11,13H2,2-4H3,(H,22,24)(H,23,25);4-7,10,12,18H,8-9,17H2,1-3H3,(H,19,20)/t15-;12-/m00/s1. The summed E-state index contributed by atoms with van der Waals surface area (Å²) in [6.07, 6.45) is 5.01. The molecule has 0 spiro atoms. The Morgan fingerprint density at radius 2 is 1.23 bits per heavy atom. The molecule has 0 saturated carbocycles. The number of H-pyrrole nitrogens is 2. The highest BCUT2D eigenvalue weighted by Gasteiger charge is 2.22. The third kappa shape index (κ3) is 12.7. The molecule has 4 aromatic rings. The van der Waals surface area contributed by atoms with E-state index in [1.54, 1.807) is 20.8 Å². The van der Waals surface area contributed by atoms with Crippen LogP contribution in [0, 0.1) is 0 Å². The highest BCUT2D eigenvalue weighted by molar-refractivity contribution is 5.84. The number of hydrogen-bond donors (Lipinski definition) is 6. The van der Waals surface area contributed by atoms with Gasteiger partial charge < -0.3 is 45.9 Å². The molecule has 2 atom stereocenters. The number of carbonyl (C=O) groups is 3. The third-order valence-electron chi connectivity index (χ3n) is 6.83. The van der Waals surface area contributed by atoms with Crippen LogP contribution in [0.4, 0.5) is 14.4 Å². The quantitative estimate of drug-likeness (QED) is 0.0834. The number of ether oxygens (including phenoxy) is 3. The SMILES string of the molecule is C=CCOC(=O)NC[C@H](Cc1c[nH]c2ccccc12)NC(=O)OC(C)(C)C.CC(C)(C)OC(=O)N[C@H](CN)Cc1c[nH]c2ccccc12. The van der Waals surface area contributed by atoms with Gasteiger partial charge in [-0.25, -0.2) is 14.4 Å². The number of nitrogens with one attached hydrogen (secondary N) is 5. The molecule has 0 fully saturated rings. The number of rotatable bonds is 11. The monoisotopic (exact) mass is 662 g/mol. The molecule has 0 aliphatic rings. The van der Waals surface area contributed by atoms with Gasteiger partial charge in [0.15, 0.2) is 0 Å². The molecule has 2 aromatic carbocycles. The fourth-order valence-electron chi connectivity index (χ4n) is 4.84. The lowest BCUT2D eigenvalue weighted by molar-refractivity contribution is 0.0492. The van der Waals surface area contributed by atoms with Gasteiger partial charge in [-0.3, -0.25) is 0 Å². The Labute approximate surface area is 282 Å². The van der Waals surface area contributed by atoms with Crippen LogP contribution in [-0.2, 0) is 27.1 Å². The van der Waals surface area contributed by atoms with Crippen molar-refractivity contribution in [3.8, 4) is 0 Å². The van der Waals surface area contributed by atoms with E-state index in [-0.39, 0.29) is 25.2 Å². The molecule has 0 radical (unpaired) electrons. The Kier molecular flexibility index (Phi) is 13.5. The second-order valence-corrected chi connectivity index (χ2v) is 13.3. The lowest BCUT2D eigenvalue weighted by Crippen LogP contribution is -2.46. The zero-order valence-electron chi connectivity index (χ0n) is 28.8. The number of alkyl carbamates (subject to hydrolysis) is 3. The maximum Gasteiger partial charge on any atom is 0.407 e. The first-order valence-electron chi connectivity index (χ1n) is 16.0. The molecule has 0 saturated heterocycles. The lowest BCUT2D eigenvalue weighted by Gasteiger charge is -2.24. The minimum absolute atomic E-state index is 0.123. The predicted octanol–water partition coefficient (Wildman–Crippen LogP) is 6.08. The van der Waals surface area contributed by atoms with Crippen LogP contribution in [0.1, 0.15) is 52.7 Å². The van der Waals surface area contributed by atoms with Gasteiger partial charge in [0.1, 0.15) is 17.8 Å². The number of amides is 3. The molecule has 48 heavy (non-hydrogen) atoms. The molecule has 0 unspecified atom stereocenters. The van der Waals surface area contributed by atoms with Crippen LogP contribution in [0.5, 0.6) is 0 Å². The number of aromatic amines is 2. The first-order chi connectivity index (χ1) is 22.7. The third-order valence-corrected chi connectivity index (χ3v) is 6.83. The normalized spacial score (nSPS) is 12.6. The van der Waals surface area contributed by atoms with Gasteiger partial charge in [-0.05, 0) is 77.6 Å². The average Bonchev–Trinajstić information content (AvgIpc) is 3.61. The van der Waals surface area contributed by atoms with E-state index in [0.717, 1.165) is 32.9 Å². The minimum atomic E-state index is -0.605. The summed E-state index contributed by atoms with van der Waals surface area (Å²) < 4.78 is 15.5. The molecule has 0 aliphatic carbocycles. The van der Waals surface area contributed by atoms with E-state index in [1.807, 2.05) is 75.6 Å². The Morgan fingerprint density at radius 3 is 1.69 bits per heavy atom. The number of hydrogen-bond acceptors (Lipinski definition) is 7. The number of para-hydroxylation sites is 2. The number of benzene rings is 2. The van der Waals surface area contributed by atoms with Crippen LogP contribution in [0.15, 0.2) is 73.6 Å². The summed E-state index contributed by atoms with van der Waals surface area (Å²) in [6, 6.07) is 15.5. The first kappa shape index (κ1) is 37.5. The number of fused-ring (bicyclic) bond motifs is 2. The van der Waals surface area contributed by atoms with Crippen LogP contribution >= 0.6 is 0 Å². The molecule has 2 heterocycles. The van der Waals surface area contributed by atoms with Crippen molar-refractivity contribution in [3.05, 3.63) is 84.7 Å². The predicted molar refractivity (Wildman–Crippen MR) is 189 cm³/mol. The number of carbonyl (C=O) groups excluding carboxylic acids is 3. The second kappa shape index (κ2) is 17.3. The summed E-state index contributed by atoms with van der Waals surface area (Å²) in [7, 11) is 0. The fraction of sp³-hybridized carbons (Fsp3) is 0.417. The van der Waals surface area contributed by atoms with Crippen molar-refractivity contribution < 1.29 is 28.6 Å². The zero-order chi connectivity index (χ0) is 35.3. The van der Waals surface area contributed by atoms with Crippen LogP contribution < -0.4 is 21.7 Å². The topological polar surface area (TPSA) is 173 Å². The fourth-order valence-corrected chi connectivity index (χ4v) is 4.84. The highest BCUT2D eigenvalue weighted by Crippen LogP contribution is 2.20. The molecule has 0 aliphatic heterocycles. The zero-order valence-corrected chi connectivity index (χ0v) is 28.8. The molecule has 12 heteroatoms. The Hall–Kier alpha value is -4.97. The molecular weight excluding hydrogens is 612 g/mol. The highest BCUT2D eigenvalue weighted by atomic mass is 16.6. The number of aromatic nitrogens is 2. The Morgan fingerprint density at radius 1 is 0.771 bits per heavy atom. The van der Waals surface area contributed by atoms with Crippen molar-refractivity contribution in [2.24, 2.45) is 5.73 Å². The van der Waals surface area contributed by atoms with Gasteiger partial charge in [0.2, 0.25) is 0 Å². The molecule has 260 valence electrons. The molecular formula is C36H50N6O6. The maximum atomic E-state index is 12.2. The van der Waals surface area contributed by atoms with Gasteiger partial charge in [-0.15, -0.1) is 0 Å². The second-order valence-electron chi connectivity index (χ2n) is 13.3. The summed E-state index contributed by atoms with van der Waals surface area (Å²) >= 11 is 0. The summed E-state index contributed by atoms with van der Waals surface area (Å²) in [4.78, 5) is 42.1. The molecule has 3 amide bonds. The van der Waals surface area contributed by atoms with Gasteiger partial charge in [0, 0.05) is 53.3 Å². The van der Waals surface area contributed by atoms with E-state index in [9.17, 15) is 14.4 Å². The lowest BCUT2D eigenvalue weighted by atomic mass is 10.0. The summed E-state index contributed by atoms with van der Waals surface area (Å²) in [5, 5.41) is 10.5. The smallest absolute Gasteiger partial charge is 0.407 e. The summed E-state index contributed by atoms with van der Waals surface area (Å²) in [5.41, 5.74) is 8.92. The van der Waals surface area contributed by atoms with Gasteiger partial charge in [0.05, 0.1) is 6.04 Å². The van der Waals surface area contributed by atoms with Crippen molar-refractivity contribution in [1.29, 1.82) is 0 Å². The van der Waals surface area contributed by atoms with E-state index < -0.39 is 29.5 Å². The van der Waals surface area contributed by atoms with Crippen molar-refractivity contribution in [2.75, 3.05) is 19.7 Å². The van der Waals surface area contributed by atoms with E-state index in [2.05, 4.69) is 38.6 Å². The van der Waals surface area contributed by atoms with E-state index in [4.69, 9.17) is 19.9 Å². The van der Waals surface area contributed by atoms with Gasteiger partial charge in [0.25, 0.3) is 0 Å². The van der Waals surface area contributed by atoms with Gasteiger partial charge in [-0.2, -0.15) is 0 Å². The summed E-state index contributed by atoms with van der Waals surface area (Å²) in [5.74, 6) is 0. The average molecular weight is 663 g/mol. The summed E-state index contributed by atoms with van der Waals surface area (Å²) in [6.45, 7) is 15.1. The largest absolute Gasteiger partial charge is 0.445 e. The minimum Gasteiger partial charge on any atom is -0.445 e. The van der Waals surface area contributed by atoms with Crippen LogP contribution in [0.3, 0.4) is 0 Å². The first-order valence-corrected chi connectivity index (χ1v) is 16.0. The molecule has 2 aromatic heterocycles. The van der Waals surface area contributed by atoms with Crippen LogP contribution in [0.25, 0.3) is 21.8 Å². The maximum absolute atomic E-state index is 12.2. The molecule has 12 nitrogen and oxygen atoms in total. The molecule has 7 N–H and O–H groups in total. The van der Waals surface area contributed by atoms with Crippen molar-refractivity contribution >= 4 is 40.1 Å². The van der Waals surface area contributed by atoms with Crippen LogP contribution in [0.2, 0.25) is 0 Å². The Bertz CT molecular complexity index is 1650. The molecule has 4 rings (SSSR count). The Balaban J connectivity index is 0.000000269. The number of nitrogens with two attached hydrogens (primary N) is 1. The van der Waals surface area contributed by atoms with E-state index in [0.29, 0.717) is 19.4 Å². The van der Waals surface area contributed by atoms with Crippen molar-refractivity contribution in [1.82, 2.24) is 25.9 Å². The van der Waals surface area contributed by atoms with E-state index >= 15 is 0 Å².